The van der Waals surface area contributed by atoms with Crippen LogP contribution in [0.4, 0.5) is 0 Å². The van der Waals surface area contributed by atoms with Gasteiger partial charge < -0.3 is 10.4 Å². The lowest BCUT2D eigenvalue weighted by molar-refractivity contribution is -0.120. The summed E-state index contributed by atoms with van der Waals surface area (Å²) in [7, 11) is -0.944. The number of carboxylic acids is 1. The van der Waals surface area contributed by atoms with E-state index in [1.807, 2.05) is 0 Å². The van der Waals surface area contributed by atoms with E-state index in [9.17, 15) is 18.0 Å². The van der Waals surface area contributed by atoms with Crippen molar-refractivity contribution in [3.05, 3.63) is 16.5 Å². The Kier molecular flexibility index (Phi) is 5.26. The number of thiophene rings is 1. The molecule has 1 aromatic heterocycles. The van der Waals surface area contributed by atoms with Crippen molar-refractivity contribution < 1.29 is 23.1 Å². The SMILES string of the molecule is CNC(=O)CCN(C)S(=O)(=O)c1cc(C)c(C(=O)O)s1. The highest BCUT2D eigenvalue weighted by atomic mass is 32.2. The van der Waals surface area contributed by atoms with E-state index in [1.165, 1.54) is 20.2 Å². The van der Waals surface area contributed by atoms with Crippen molar-refractivity contribution in [2.75, 3.05) is 20.6 Å². The van der Waals surface area contributed by atoms with Gasteiger partial charge in [0.15, 0.2) is 0 Å². The Hall–Kier alpha value is -1.45. The lowest BCUT2D eigenvalue weighted by Crippen LogP contribution is -2.31. The number of aryl methyl sites for hydroxylation is 1. The lowest BCUT2D eigenvalue weighted by atomic mass is 10.3. The summed E-state index contributed by atoms with van der Waals surface area (Å²) in [6.07, 6.45) is 0.0440. The largest absolute Gasteiger partial charge is 0.477 e. The van der Waals surface area contributed by atoms with Gasteiger partial charge in [0.25, 0.3) is 10.0 Å². The molecule has 0 spiro atoms. The molecule has 1 amide bonds. The number of sulfonamides is 1. The van der Waals surface area contributed by atoms with Crippen molar-refractivity contribution in [2.24, 2.45) is 0 Å². The Morgan fingerprint density at radius 1 is 1.45 bits per heavy atom. The molecule has 0 aliphatic carbocycles. The maximum absolute atomic E-state index is 12.2. The first-order valence-electron chi connectivity index (χ1n) is 5.70. The van der Waals surface area contributed by atoms with Crippen LogP contribution in [0.5, 0.6) is 0 Å². The average Bonchev–Trinajstić information content (AvgIpc) is 2.78. The highest BCUT2D eigenvalue weighted by Crippen LogP contribution is 2.28. The molecule has 0 saturated carbocycles. The lowest BCUT2D eigenvalue weighted by Gasteiger charge is -2.15. The Labute approximate surface area is 121 Å². The maximum atomic E-state index is 12.2. The van der Waals surface area contributed by atoms with Gasteiger partial charge in [-0.05, 0) is 18.6 Å². The monoisotopic (exact) mass is 320 g/mol. The predicted molar refractivity (Wildman–Crippen MR) is 74.5 cm³/mol. The van der Waals surface area contributed by atoms with Gasteiger partial charge in [-0.3, -0.25) is 4.79 Å². The molecule has 1 heterocycles. The van der Waals surface area contributed by atoms with Gasteiger partial charge in [0.2, 0.25) is 5.91 Å². The second-order valence-corrected chi connectivity index (χ2v) is 7.46. The normalized spacial score (nSPS) is 11.6. The average molecular weight is 320 g/mol. The first-order chi connectivity index (χ1) is 9.20. The van der Waals surface area contributed by atoms with Crippen LogP contribution < -0.4 is 5.32 Å². The van der Waals surface area contributed by atoms with Gasteiger partial charge in [0.05, 0.1) is 0 Å². The number of carbonyl (C=O) groups excluding carboxylic acids is 1. The number of rotatable bonds is 6. The van der Waals surface area contributed by atoms with Crippen molar-refractivity contribution in [1.29, 1.82) is 0 Å². The molecule has 0 aliphatic rings. The number of nitrogens with zero attached hydrogens (tertiary/aromatic N) is 1. The van der Waals surface area contributed by atoms with Crippen molar-refractivity contribution in [2.45, 2.75) is 17.6 Å². The predicted octanol–water partition coefficient (Wildman–Crippen LogP) is 0.511. The van der Waals surface area contributed by atoms with E-state index in [-0.39, 0.29) is 28.0 Å². The zero-order valence-electron chi connectivity index (χ0n) is 11.3. The molecule has 0 atom stereocenters. The fraction of sp³-hybridized carbons (Fsp3) is 0.455. The summed E-state index contributed by atoms with van der Waals surface area (Å²) in [5.74, 6) is -1.41. The molecular formula is C11H16N2O5S2. The summed E-state index contributed by atoms with van der Waals surface area (Å²) in [4.78, 5) is 22.1. The van der Waals surface area contributed by atoms with E-state index in [2.05, 4.69) is 5.32 Å². The van der Waals surface area contributed by atoms with E-state index in [4.69, 9.17) is 5.11 Å². The topological polar surface area (TPSA) is 104 Å². The van der Waals surface area contributed by atoms with Crippen LogP contribution in [-0.4, -0.2) is 50.3 Å². The molecule has 20 heavy (non-hydrogen) atoms. The third kappa shape index (κ3) is 3.56. The molecule has 0 unspecified atom stereocenters. The van der Waals surface area contributed by atoms with E-state index >= 15 is 0 Å². The van der Waals surface area contributed by atoms with Crippen LogP contribution in [0.3, 0.4) is 0 Å². The third-order valence-electron chi connectivity index (χ3n) is 2.69. The first kappa shape index (κ1) is 16.6. The van der Waals surface area contributed by atoms with E-state index in [0.29, 0.717) is 16.9 Å². The summed E-state index contributed by atoms with van der Waals surface area (Å²) in [6, 6.07) is 1.33. The highest BCUT2D eigenvalue weighted by Gasteiger charge is 2.26. The molecule has 0 saturated heterocycles. The highest BCUT2D eigenvalue weighted by molar-refractivity contribution is 7.91. The van der Waals surface area contributed by atoms with E-state index in [0.717, 1.165) is 4.31 Å². The zero-order valence-corrected chi connectivity index (χ0v) is 13.0. The van der Waals surface area contributed by atoms with Crippen LogP contribution in [0.1, 0.15) is 21.7 Å². The van der Waals surface area contributed by atoms with Crippen LogP contribution in [0.2, 0.25) is 0 Å². The number of amides is 1. The molecule has 1 aromatic rings. The smallest absolute Gasteiger partial charge is 0.346 e. The van der Waals surface area contributed by atoms with Gasteiger partial charge in [-0.2, -0.15) is 4.31 Å². The molecule has 2 N–H and O–H groups in total. The fourth-order valence-corrected chi connectivity index (χ4v) is 4.21. The van der Waals surface area contributed by atoms with Gasteiger partial charge in [-0.15, -0.1) is 11.3 Å². The first-order valence-corrected chi connectivity index (χ1v) is 7.96. The summed E-state index contributed by atoms with van der Waals surface area (Å²) in [5, 5.41) is 11.3. The molecule has 9 heteroatoms. The third-order valence-corrected chi connectivity index (χ3v) is 6.22. The second kappa shape index (κ2) is 6.33. The fourth-order valence-electron chi connectivity index (χ4n) is 1.45. The summed E-state index contributed by atoms with van der Waals surface area (Å²) >= 11 is 0.713. The van der Waals surface area contributed by atoms with Gasteiger partial charge in [0, 0.05) is 27.1 Å². The van der Waals surface area contributed by atoms with Gasteiger partial charge in [-0.25, -0.2) is 13.2 Å². The Morgan fingerprint density at radius 3 is 2.50 bits per heavy atom. The second-order valence-electron chi connectivity index (χ2n) is 4.13. The number of carboxylic acid groups (broad SMARTS) is 1. The summed E-state index contributed by atoms with van der Waals surface area (Å²) in [5.41, 5.74) is 0.403. The Bertz CT molecular complexity index is 621. The van der Waals surface area contributed by atoms with Gasteiger partial charge in [-0.1, -0.05) is 0 Å². The Balaban J connectivity index is 2.96. The standard InChI is InChI=1S/C11H16N2O5S2/c1-7-6-9(19-10(7)11(15)16)20(17,18)13(3)5-4-8(14)12-2/h6H,4-5H2,1-3H3,(H,12,14)(H,15,16). The van der Waals surface area contributed by atoms with Gasteiger partial charge in [0.1, 0.15) is 9.09 Å². The van der Waals surface area contributed by atoms with Gasteiger partial charge >= 0.3 is 5.97 Å². The van der Waals surface area contributed by atoms with Crippen molar-refractivity contribution in [1.82, 2.24) is 9.62 Å². The van der Waals surface area contributed by atoms with Crippen LogP contribution in [0, 0.1) is 6.92 Å². The van der Waals surface area contributed by atoms with Crippen molar-refractivity contribution >= 4 is 33.2 Å². The molecule has 0 fully saturated rings. The molecule has 0 aliphatic heterocycles. The van der Waals surface area contributed by atoms with E-state index < -0.39 is 16.0 Å². The summed E-state index contributed by atoms with van der Waals surface area (Å²) in [6.45, 7) is 1.57. The minimum Gasteiger partial charge on any atom is -0.477 e. The Morgan fingerprint density at radius 2 is 2.05 bits per heavy atom. The number of nitrogens with one attached hydrogen (secondary N) is 1. The van der Waals surface area contributed by atoms with Crippen molar-refractivity contribution in [3.63, 3.8) is 0 Å². The maximum Gasteiger partial charge on any atom is 0.346 e. The van der Waals surface area contributed by atoms with Crippen LogP contribution in [-0.2, 0) is 14.8 Å². The summed E-state index contributed by atoms with van der Waals surface area (Å²) < 4.78 is 25.5. The molecule has 0 aromatic carbocycles. The molecule has 0 radical (unpaired) electrons. The molecule has 112 valence electrons. The number of hydrogen-bond acceptors (Lipinski definition) is 5. The van der Waals surface area contributed by atoms with Crippen LogP contribution >= 0.6 is 11.3 Å². The molecular weight excluding hydrogens is 304 g/mol. The van der Waals surface area contributed by atoms with Crippen LogP contribution in [0.15, 0.2) is 10.3 Å². The minimum absolute atomic E-state index is 0.00303. The number of carbonyl (C=O) groups is 2. The van der Waals surface area contributed by atoms with Crippen LogP contribution in [0.25, 0.3) is 0 Å². The van der Waals surface area contributed by atoms with Crippen molar-refractivity contribution in [3.8, 4) is 0 Å². The number of hydrogen-bond donors (Lipinski definition) is 2. The van der Waals surface area contributed by atoms with E-state index in [1.54, 1.807) is 6.92 Å². The minimum atomic E-state index is -3.77. The molecule has 1 rings (SSSR count). The number of aromatic carboxylic acids is 1. The molecule has 7 nitrogen and oxygen atoms in total. The zero-order chi connectivity index (χ0) is 15.5. The quantitative estimate of drug-likeness (QED) is 0.795. The molecule has 0 bridgehead atoms.